The zero-order valence-electron chi connectivity index (χ0n) is 10.0. The number of halogens is 5. The lowest BCUT2D eigenvalue weighted by Gasteiger charge is -2.41. The lowest BCUT2D eigenvalue weighted by Crippen LogP contribution is -2.56. The molecule has 0 amide bonds. The first-order valence-electron chi connectivity index (χ1n) is 5.51. The van der Waals surface area contributed by atoms with Gasteiger partial charge in [0.05, 0.1) is 6.10 Å². The Balaban J connectivity index is 2.38. The van der Waals surface area contributed by atoms with Gasteiger partial charge in [-0.05, 0) is 6.92 Å². The number of carbonyl (C=O) groups excluding carboxylic acids is 1. The highest BCUT2D eigenvalue weighted by Crippen LogP contribution is 2.45. The Bertz CT molecular complexity index is 347. The number of ether oxygens (including phenoxy) is 2. The summed E-state index contributed by atoms with van der Waals surface area (Å²) in [7, 11) is 0. The molecule has 0 aliphatic carbocycles. The summed E-state index contributed by atoms with van der Waals surface area (Å²) in [6.45, 7) is 4.65. The van der Waals surface area contributed by atoms with Gasteiger partial charge in [-0.15, -0.1) is 0 Å². The molecule has 0 aromatic heterocycles. The third-order valence-electron chi connectivity index (χ3n) is 2.69. The smallest absolute Gasteiger partial charge is 0.456 e. The average molecular weight is 288 g/mol. The predicted octanol–water partition coefficient (Wildman–Crippen LogP) is 2.85. The summed E-state index contributed by atoms with van der Waals surface area (Å²) in [5.41, 5.74) is 0. The topological polar surface area (TPSA) is 35.5 Å². The van der Waals surface area contributed by atoms with Crippen molar-refractivity contribution in [3.63, 3.8) is 0 Å². The van der Waals surface area contributed by atoms with Crippen LogP contribution in [-0.2, 0) is 14.3 Å². The second kappa shape index (κ2) is 5.44. The molecule has 0 spiro atoms. The van der Waals surface area contributed by atoms with E-state index in [1.165, 1.54) is 6.92 Å². The first-order chi connectivity index (χ1) is 8.57. The SMILES string of the molecule is C=CC(=O)OC(C)CC1CC(C(F)(F)C(F)(F)F)O1. The van der Waals surface area contributed by atoms with Gasteiger partial charge in [-0.3, -0.25) is 0 Å². The molecule has 19 heavy (non-hydrogen) atoms. The van der Waals surface area contributed by atoms with Gasteiger partial charge in [0.2, 0.25) is 0 Å². The van der Waals surface area contributed by atoms with Gasteiger partial charge in [0.15, 0.2) is 0 Å². The molecular formula is C11H13F5O3. The Morgan fingerprint density at radius 2 is 2.00 bits per heavy atom. The summed E-state index contributed by atoms with van der Waals surface area (Å²) in [5.74, 6) is -5.55. The Morgan fingerprint density at radius 1 is 1.47 bits per heavy atom. The minimum atomic E-state index is -5.62. The first-order valence-corrected chi connectivity index (χ1v) is 5.51. The van der Waals surface area contributed by atoms with Crippen molar-refractivity contribution in [1.29, 1.82) is 0 Å². The Kier molecular flexibility index (Phi) is 4.54. The Hall–Kier alpha value is -1.18. The molecule has 0 radical (unpaired) electrons. The molecule has 0 N–H and O–H groups in total. The maximum atomic E-state index is 12.8. The normalized spacial score (nSPS) is 25.4. The van der Waals surface area contributed by atoms with Crippen molar-refractivity contribution < 1.29 is 36.2 Å². The third kappa shape index (κ3) is 3.65. The molecular weight excluding hydrogens is 275 g/mol. The minimum absolute atomic E-state index is 0.0595. The van der Waals surface area contributed by atoms with Crippen molar-refractivity contribution in [1.82, 2.24) is 0 Å². The van der Waals surface area contributed by atoms with Crippen molar-refractivity contribution in [2.45, 2.75) is 50.2 Å². The van der Waals surface area contributed by atoms with Gasteiger partial charge in [-0.25, -0.2) is 4.79 Å². The van der Waals surface area contributed by atoms with E-state index in [1.54, 1.807) is 0 Å². The maximum Gasteiger partial charge on any atom is 0.456 e. The van der Waals surface area contributed by atoms with Crippen LogP contribution in [0.1, 0.15) is 19.8 Å². The van der Waals surface area contributed by atoms with Crippen molar-refractivity contribution in [2.24, 2.45) is 0 Å². The molecule has 3 unspecified atom stereocenters. The average Bonchev–Trinajstić information content (AvgIpc) is 2.20. The second-order valence-corrected chi connectivity index (χ2v) is 4.29. The molecule has 1 aliphatic rings. The fourth-order valence-electron chi connectivity index (χ4n) is 1.69. The van der Waals surface area contributed by atoms with Crippen molar-refractivity contribution >= 4 is 5.97 Å². The first kappa shape index (κ1) is 15.9. The van der Waals surface area contributed by atoms with E-state index in [0.29, 0.717) is 0 Å². The predicted molar refractivity (Wildman–Crippen MR) is 54.6 cm³/mol. The van der Waals surface area contributed by atoms with Crippen molar-refractivity contribution in [3.8, 4) is 0 Å². The highest BCUT2D eigenvalue weighted by Gasteiger charge is 2.66. The second-order valence-electron chi connectivity index (χ2n) is 4.29. The number of carbonyl (C=O) groups is 1. The van der Waals surface area contributed by atoms with Gasteiger partial charge in [0.25, 0.3) is 0 Å². The van der Waals surface area contributed by atoms with E-state index in [1.807, 2.05) is 0 Å². The van der Waals surface area contributed by atoms with Crippen molar-refractivity contribution in [2.75, 3.05) is 0 Å². The number of rotatable bonds is 5. The number of alkyl halides is 5. The van der Waals surface area contributed by atoms with Crippen LogP contribution in [0.3, 0.4) is 0 Å². The Labute approximate surface area is 106 Å². The summed E-state index contributed by atoms with van der Waals surface area (Å²) in [6.07, 6.45) is -8.64. The van der Waals surface area contributed by atoms with E-state index >= 15 is 0 Å². The molecule has 110 valence electrons. The van der Waals surface area contributed by atoms with Crippen LogP contribution in [0.5, 0.6) is 0 Å². The van der Waals surface area contributed by atoms with Crippen LogP contribution in [0.2, 0.25) is 0 Å². The van der Waals surface area contributed by atoms with Crippen LogP contribution in [0.4, 0.5) is 22.0 Å². The van der Waals surface area contributed by atoms with E-state index in [2.05, 4.69) is 11.3 Å². The van der Waals surface area contributed by atoms with Gasteiger partial charge >= 0.3 is 18.1 Å². The molecule has 3 nitrogen and oxygen atoms in total. The zero-order valence-corrected chi connectivity index (χ0v) is 10.0. The van der Waals surface area contributed by atoms with Crippen LogP contribution < -0.4 is 0 Å². The van der Waals surface area contributed by atoms with E-state index in [-0.39, 0.29) is 6.42 Å². The van der Waals surface area contributed by atoms with Crippen molar-refractivity contribution in [3.05, 3.63) is 12.7 Å². The van der Waals surface area contributed by atoms with Crippen LogP contribution in [-0.4, -0.2) is 36.4 Å². The number of hydrogen-bond acceptors (Lipinski definition) is 3. The molecule has 1 saturated heterocycles. The minimum Gasteiger partial charge on any atom is -0.459 e. The van der Waals surface area contributed by atoms with Gasteiger partial charge in [0.1, 0.15) is 12.2 Å². The lowest BCUT2D eigenvalue weighted by molar-refractivity contribution is -0.350. The molecule has 0 aromatic carbocycles. The summed E-state index contributed by atoms with van der Waals surface area (Å²) in [4.78, 5) is 10.8. The van der Waals surface area contributed by atoms with Gasteiger partial charge < -0.3 is 9.47 Å². The lowest BCUT2D eigenvalue weighted by atomic mass is 9.95. The molecule has 0 aromatic rings. The van der Waals surface area contributed by atoms with E-state index in [0.717, 1.165) is 6.08 Å². The molecule has 8 heteroatoms. The maximum absolute atomic E-state index is 12.8. The van der Waals surface area contributed by atoms with Gasteiger partial charge in [0, 0.05) is 18.9 Å². The molecule has 3 atom stereocenters. The summed E-state index contributed by atoms with van der Waals surface area (Å²) >= 11 is 0. The molecule has 0 bridgehead atoms. The number of esters is 1. The highest BCUT2D eigenvalue weighted by atomic mass is 19.4. The standard InChI is InChI=1S/C11H13F5O3/c1-3-9(17)18-6(2)4-7-5-8(19-7)10(12,13)11(14,15)16/h3,6-8H,1,4-5H2,2H3. The summed E-state index contributed by atoms with van der Waals surface area (Å²) in [6, 6.07) is 0. The van der Waals surface area contributed by atoms with Crippen LogP contribution >= 0.6 is 0 Å². The highest BCUT2D eigenvalue weighted by molar-refractivity contribution is 5.81. The van der Waals surface area contributed by atoms with Crippen LogP contribution in [0.25, 0.3) is 0 Å². The molecule has 1 aliphatic heterocycles. The monoisotopic (exact) mass is 288 g/mol. The summed E-state index contributed by atoms with van der Waals surface area (Å²) < 4.78 is 70.9. The molecule has 0 saturated carbocycles. The fraction of sp³-hybridized carbons (Fsp3) is 0.727. The Morgan fingerprint density at radius 3 is 2.42 bits per heavy atom. The number of hydrogen-bond donors (Lipinski definition) is 0. The van der Waals surface area contributed by atoms with E-state index in [9.17, 15) is 26.7 Å². The van der Waals surface area contributed by atoms with Crippen LogP contribution in [0, 0.1) is 0 Å². The molecule has 1 heterocycles. The quantitative estimate of drug-likeness (QED) is 0.443. The van der Waals surface area contributed by atoms with Crippen LogP contribution in [0.15, 0.2) is 12.7 Å². The molecule has 1 rings (SSSR count). The molecule has 1 fully saturated rings. The van der Waals surface area contributed by atoms with E-state index < -0.39 is 42.8 Å². The van der Waals surface area contributed by atoms with Gasteiger partial charge in [-0.1, -0.05) is 6.58 Å². The zero-order chi connectivity index (χ0) is 14.8. The third-order valence-corrected chi connectivity index (χ3v) is 2.69. The summed E-state index contributed by atoms with van der Waals surface area (Å²) in [5, 5.41) is 0. The van der Waals surface area contributed by atoms with E-state index in [4.69, 9.17) is 4.74 Å². The van der Waals surface area contributed by atoms with Gasteiger partial charge in [-0.2, -0.15) is 22.0 Å². The largest absolute Gasteiger partial charge is 0.459 e. The fourth-order valence-corrected chi connectivity index (χ4v) is 1.69.